The van der Waals surface area contributed by atoms with Crippen LogP contribution in [0.3, 0.4) is 0 Å². The van der Waals surface area contributed by atoms with Crippen LogP contribution in [-0.2, 0) is 9.53 Å². The van der Waals surface area contributed by atoms with Crippen molar-refractivity contribution in [3.05, 3.63) is 0 Å². The van der Waals surface area contributed by atoms with Gasteiger partial charge in [0.2, 0.25) is 5.91 Å². The van der Waals surface area contributed by atoms with E-state index in [4.69, 9.17) is 4.74 Å². The van der Waals surface area contributed by atoms with Crippen LogP contribution < -0.4 is 16.0 Å². The first-order chi connectivity index (χ1) is 12.6. The minimum Gasteiger partial charge on any atom is -0.444 e. The summed E-state index contributed by atoms with van der Waals surface area (Å²) in [5, 5.41) is 9.33. The molecule has 1 atom stereocenters. The second kappa shape index (κ2) is 13.1. The van der Waals surface area contributed by atoms with Crippen molar-refractivity contribution >= 4 is 41.9 Å². The second-order valence-corrected chi connectivity index (χ2v) is 8.18. The van der Waals surface area contributed by atoms with Gasteiger partial charge < -0.3 is 25.6 Å². The maximum absolute atomic E-state index is 12.0. The molecule has 8 nitrogen and oxygen atoms in total. The van der Waals surface area contributed by atoms with E-state index < -0.39 is 5.60 Å². The molecule has 0 spiro atoms. The fraction of sp³-hybridized carbons (Fsp3) is 0.842. The van der Waals surface area contributed by atoms with Crippen LogP contribution in [0.4, 0.5) is 4.79 Å². The molecule has 1 aliphatic carbocycles. The van der Waals surface area contributed by atoms with E-state index in [1.807, 2.05) is 34.6 Å². The molecule has 0 aromatic heterocycles. The van der Waals surface area contributed by atoms with E-state index in [2.05, 4.69) is 20.9 Å². The summed E-state index contributed by atoms with van der Waals surface area (Å²) in [6.45, 7) is 12.7. The maximum Gasteiger partial charge on any atom is 0.410 e. The first-order valence-electron chi connectivity index (χ1n) is 9.86. The topological polar surface area (TPSA) is 95.1 Å². The van der Waals surface area contributed by atoms with Gasteiger partial charge in [-0.2, -0.15) is 0 Å². The van der Waals surface area contributed by atoms with Crippen molar-refractivity contribution < 1.29 is 14.3 Å². The van der Waals surface area contributed by atoms with Gasteiger partial charge in [-0.05, 0) is 46.5 Å². The zero-order valence-corrected chi connectivity index (χ0v) is 20.5. The lowest BCUT2D eigenvalue weighted by atomic mass is 10.2. The Morgan fingerprint density at radius 3 is 2.32 bits per heavy atom. The molecule has 0 radical (unpaired) electrons. The third kappa shape index (κ3) is 12.2. The van der Waals surface area contributed by atoms with Crippen LogP contribution in [0, 0.1) is 11.8 Å². The number of ether oxygens (including phenoxy) is 1. The summed E-state index contributed by atoms with van der Waals surface area (Å²) in [6, 6.07) is 0. The number of aliphatic imine (C=N–C) groups is 1. The molecule has 0 bridgehead atoms. The summed E-state index contributed by atoms with van der Waals surface area (Å²) in [4.78, 5) is 29.8. The van der Waals surface area contributed by atoms with E-state index in [1.54, 1.807) is 11.9 Å². The van der Waals surface area contributed by atoms with E-state index in [0.717, 1.165) is 19.4 Å². The van der Waals surface area contributed by atoms with Gasteiger partial charge in [0.25, 0.3) is 0 Å². The number of amides is 2. The lowest BCUT2D eigenvalue weighted by Gasteiger charge is -2.26. The SMILES string of the molecule is CCNC(=NCC(C)CN(C)C(=O)OC(C)(C)C)NCCNC(=O)C1CC1.I. The highest BCUT2D eigenvalue weighted by Crippen LogP contribution is 2.28. The summed E-state index contributed by atoms with van der Waals surface area (Å²) < 4.78 is 5.36. The molecule has 3 N–H and O–H groups in total. The van der Waals surface area contributed by atoms with Crippen molar-refractivity contribution in [3.63, 3.8) is 0 Å². The Bertz CT molecular complexity index is 518. The molecule has 0 heterocycles. The van der Waals surface area contributed by atoms with Crippen molar-refractivity contribution in [3.8, 4) is 0 Å². The molecule has 28 heavy (non-hydrogen) atoms. The van der Waals surface area contributed by atoms with Gasteiger partial charge in [0.1, 0.15) is 5.60 Å². The highest BCUT2D eigenvalue weighted by Gasteiger charge is 2.29. The average Bonchev–Trinajstić information content (AvgIpc) is 3.39. The number of hydrogen-bond acceptors (Lipinski definition) is 4. The Morgan fingerprint density at radius 2 is 1.79 bits per heavy atom. The van der Waals surface area contributed by atoms with Crippen LogP contribution >= 0.6 is 24.0 Å². The van der Waals surface area contributed by atoms with Crippen LogP contribution in [0.5, 0.6) is 0 Å². The number of nitrogens with one attached hydrogen (secondary N) is 3. The maximum atomic E-state index is 12.0. The number of guanidine groups is 1. The lowest BCUT2D eigenvalue weighted by Crippen LogP contribution is -2.42. The van der Waals surface area contributed by atoms with Crippen LogP contribution in [-0.4, -0.2) is 68.2 Å². The van der Waals surface area contributed by atoms with Gasteiger partial charge in [0, 0.05) is 45.7 Å². The number of carbonyl (C=O) groups excluding carboxylic acids is 2. The quantitative estimate of drug-likeness (QED) is 0.191. The molecule has 1 aliphatic rings. The van der Waals surface area contributed by atoms with Crippen molar-refractivity contribution in [2.45, 2.75) is 53.1 Å². The summed E-state index contributed by atoms with van der Waals surface area (Å²) >= 11 is 0. The van der Waals surface area contributed by atoms with Gasteiger partial charge in [-0.3, -0.25) is 9.79 Å². The number of halogens is 1. The number of rotatable bonds is 9. The fourth-order valence-electron chi connectivity index (χ4n) is 2.38. The van der Waals surface area contributed by atoms with Gasteiger partial charge in [-0.25, -0.2) is 4.79 Å². The van der Waals surface area contributed by atoms with Gasteiger partial charge in [-0.1, -0.05) is 6.92 Å². The number of hydrogen-bond donors (Lipinski definition) is 3. The standard InChI is InChI=1S/C19H37N5O3.HI/c1-7-20-17(22-11-10-21-16(25)15-8-9-15)23-12-14(2)13-24(6)18(26)27-19(3,4)5;/h14-15H,7-13H2,1-6H3,(H,21,25)(H2,20,22,23);1H. The van der Waals surface area contributed by atoms with Gasteiger partial charge in [0.15, 0.2) is 5.96 Å². The van der Waals surface area contributed by atoms with E-state index >= 15 is 0 Å². The lowest BCUT2D eigenvalue weighted by molar-refractivity contribution is -0.122. The van der Waals surface area contributed by atoms with Crippen LogP contribution in [0.15, 0.2) is 4.99 Å². The van der Waals surface area contributed by atoms with Crippen molar-refractivity contribution in [2.75, 3.05) is 39.8 Å². The zero-order chi connectivity index (χ0) is 20.4. The summed E-state index contributed by atoms with van der Waals surface area (Å²) in [5.41, 5.74) is -0.496. The first kappa shape index (κ1) is 26.7. The molecule has 0 saturated heterocycles. The minimum absolute atomic E-state index is 0. The summed E-state index contributed by atoms with van der Waals surface area (Å²) in [5.74, 6) is 1.28. The number of carbonyl (C=O) groups is 2. The molecule has 0 aromatic rings. The van der Waals surface area contributed by atoms with Gasteiger partial charge in [-0.15, -0.1) is 24.0 Å². The molecule has 2 amide bonds. The monoisotopic (exact) mass is 511 g/mol. The van der Waals surface area contributed by atoms with Crippen molar-refractivity contribution in [1.82, 2.24) is 20.9 Å². The van der Waals surface area contributed by atoms with Crippen LogP contribution in [0.1, 0.15) is 47.5 Å². The number of nitrogens with zero attached hydrogens (tertiary/aromatic N) is 2. The predicted molar refractivity (Wildman–Crippen MR) is 123 cm³/mol. The molecule has 0 aromatic carbocycles. The normalized spacial score (nSPS) is 15.1. The second-order valence-electron chi connectivity index (χ2n) is 8.18. The van der Waals surface area contributed by atoms with Crippen LogP contribution in [0.2, 0.25) is 0 Å². The van der Waals surface area contributed by atoms with Gasteiger partial charge in [0.05, 0.1) is 0 Å². The van der Waals surface area contributed by atoms with E-state index in [-0.39, 0.29) is 47.8 Å². The van der Waals surface area contributed by atoms with E-state index in [0.29, 0.717) is 32.1 Å². The molecule has 164 valence electrons. The molecule has 1 saturated carbocycles. The Hall–Kier alpha value is -1.26. The summed E-state index contributed by atoms with van der Waals surface area (Å²) in [6.07, 6.45) is 1.70. The highest BCUT2D eigenvalue weighted by molar-refractivity contribution is 14.0. The van der Waals surface area contributed by atoms with Gasteiger partial charge >= 0.3 is 6.09 Å². The summed E-state index contributed by atoms with van der Waals surface area (Å²) in [7, 11) is 1.74. The van der Waals surface area contributed by atoms with Crippen LogP contribution in [0.25, 0.3) is 0 Å². The Morgan fingerprint density at radius 1 is 1.18 bits per heavy atom. The molecule has 9 heteroatoms. The first-order valence-corrected chi connectivity index (χ1v) is 9.86. The molecule has 1 rings (SSSR count). The average molecular weight is 511 g/mol. The zero-order valence-electron chi connectivity index (χ0n) is 18.1. The Kier molecular flexibility index (Phi) is 12.5. The highest BCUT2D eigenvalue weighted by atomic mass is 127. The molecule has 0 aliphatic heterocycles. The molecule has 1 unspecified atom stereocenters. The molecular formula is C19H38IN5O3. The molecular weight excluding hydrogens is 473 g/mol. The smallest absolute Gasteiger partial charge is 0.410 e. The van der Waals surface area contributed by atoms with E-state index in [1.165, 1.54) is 0 Å². The Labute approximate surface area is 186 Å². The predicted octanol–water partition coefficient (Wildman–Crippen LogP) is 2.19. The largest absolute Gasteiger partial charge is 0.444 e. The third-order valence-corrected chi connectivity index (χ3v) is 3.86. The molecule has 1 fully saturated rings. The fourth-order valence-corrected chi connectivity index (χ4v) is 2.38. The minimum atomic E-state index is -0.496. The van der Waals surface area contributed by atoms with E-state index in [9.17, 15) is 9.59 Å². The van der Waals surface area contributed by atoms with Crippen molar-refractivity contribution in [1.29, 1.82) is 0 Å². The Balaban J connectivity index is 0.00000729. The van der Waals surface area contributed by atoms with Crippen molar-refractivity contribution in [2.24, 2.45) is 16.8 Å². The third-order valence-electron chi connectivity index (χ3n) is 3.86.